The summed E-state index contributed by atoms with van der Waals surface area (Å²) >= 11 is 0. The Balaban J connectivity index is 2.40. The largest absolute Gasteiger partial charge is 0.397 e. The number of benzene rings is 1. The van der Waals surface area contributed by atoms with Gasteiger partial charge in [0.05, 0.1) is 16.3 Å². The molecule has 0 radical (unpaired) electrons. The molecule has 1 saturated heterocycles. The summed E-state index contributed by atoms with van der Waals surface area (Å²) in [6, 6.07) is 5.38. The number of nitrogens with one attached hydrogen (secondary N) is 1. The van der Waals surface area contributed by atoms with Crippen molar-refractivity contribution in [3.05, 3.63) is 18.2 Å². The van der Waals surface area contributed by atoms with Crippen molar-refractivity contribution >= 4 is 21.4 Å². The third kappa shape index (κ3) is 3.32. The summed E-state index contributed by atoms with van der Waals surface area (Å²) in [7, 11) is -3.45. The average molecular weight is 311 g/mol. The second kappa shape index (κ2) is 6.23. The highest BCUT2D eigenvalue weighted by molar-refractivity contribution is 7.89. The molecule has 0 bridgehead atoms. The molecule has 6 heteroatoms. The van der Waals surface area contributed by atoms with Crippen LogP contribution in [0.15, 0.2) is 23.1 Å². The van der Waals surface area contributed by atoms with Crippen LogP contribution < -0.4 is 15.4 Å². The molecule has 1 aliphatic heterocycles. The zero-order chi connectivity index (χ0) is 15.6. The summed E-state index contributed by atoms with van der Waals surface area (Å²) < 4.78 is 26.8. The van der Waals surface area contributed by atoms with E-state index in [1.165, 1.54) is 0 Å². The van der Waals surface area contributed by atoms with Gasteiger partial charge in [-0.2, -0.15) is 0 Å². The highest BCUT2D eigenvalue weighted by Gasteiger charge is 2.29. The summed E-state index contributed by atoms with van der Waals surface area (Å²) in [6.07, 6.45) is 2.24. The van der Waals surface area contributed by atoms with Gasteiger partial charge in [-0.1, -0.05) is 20.8 Å². The van der Waals surface area contributed by atoms with E-state index in [4.69, 9.17) is 5.73 Å². The molecule has 21 heavy (non-hydrogen) atoms. The van der Waals surface area contributed by atoms with E-state index in [2.05, 4.69) is 23.5 Å². The first-order chi connectivity index (χ1) is 9.86. The van der Waals surface area contributed by atoms with Gasteiger partial charge in [-0.05, 0) is 37.0 Å². The average Bonchev–Trinajstić information content (AvgIpc) is 2.88. The Bertz CT molecular complexity index is 599. The molecule has 0 saturated carbocycles. The maximum absolute atomic E-state index is 12.2. The van der Waals surface area contributed by atoms with Crippen molar-refractivity contribution in [3.8, 4) is 0 Å². The molecule has 2 rings (SSSR count). The molecule has 1 fully saturated rings. The van der Waals surface area contributed by atoms with Gasteiger partial charge >= 0.3 is 0 Å². The van der Waals surface area contributed by atoms with Crippen molar-refractivity contribution in [2.24, 2.45) is 5.92 Å². The standard InChI is InChI=1S/C15H25N3O2S/c1-4-17-21(19,20)12-7-8-13(16)15(10-12)18-9-5-6-14(18)11(2)3/h7-8,10-11,14,17H,4-6,9,16H2,1-3H3. The summed E-state index contributed by atoms with van der Waals surface area (Å²) in [5, 5.41) is 0. The van der Waals surface area contributed by atoms with E-state index >= 15 is 0 Å². The van der Waals surface area contributed by atoms with E-state index in [9.17, 15) is 8.42 Å². The van der Waals surface area contributed by atoms with Crippen LogP contribution in [0.4, 0.5) is 11.4 Å². The van der Waals surface area contributed by atoms with E-state index in [-0.39, 0.29) is 4.90 Å². The van der Waals surface area contributed by atoms with Gasteiger partial charge in [0.2, 0.25) is 10.0 Å². The molecule has 1 atom stereocenters. The monoisotopic (exact) mass is 311 g/mol. The number of nitrogens with zero attached hydrogens (tertiary/aromatic N) is 1. The molecule has 3 N–H and O–H groups in total. The van der Waals surface area contributed by atoms with Crippen molar-refractivity contribution in [2.75, 3.05) is 23.7 Å². The minimum atomic E-state index is -3.45. The van der Waals surface area contributed by atoms with Crippen LogP contribution in [-0.2, 0) is 10.0 Å². The van der Waals surface area contributed by atoms with Crippen molar-refractivity contribution in [2.45, 2.75) is 44.6 Å². The number of hydrogen-bond acceptors (Lipinski definition) is 4. The Labute approximate surface area is 127 Å². The lowest BCUT2D eigenvalue weighted by Crippen LogP contribution is -2.34. The van der Waals surface area contributed by atoms with E-state index in [1.54, 1.807) is 25.1 Å². The lowest BCUT2D eigenvalue weighted by atomic mass is 10.0. The smallest absolute Gasteiger partial charge is 0.240 e. The lowest BCUT2D eigenvalue weighted by molar-refractivity contribution is 0.492. The molecule has 1 aliphatic rings. The highest BCUT2D eigenvalue weighted by atomic mass is 32.2. The van der Waals surface area contributed by atoms with Gasteiger partial charge in [0.1, 0.15) is 0 Å². The predicted octanol–water partition coefficient (Wildman–Crippen LogP) is 2.19. The topological polar surface area (TPSA) is 75.4 Å². The number of rotatable bonds is 5. The highest BCUT2D eigenvalue weighted by Crippen LogP contribution is 2.34. The number of nitrogens with two attached hydrogens (primary N) is 1. The fraction of sp³-hybridized carbons (Fsp3) is 0.600. The Morgan fingerprint density at radius 3 is 2.76 bits per heavy atom. The SMILES string of the molecule is CCNS(=O)(=O)c1ccc(N)c(N2CCCC2C(C)C)c1. The maximum Gasteiger partial charge on any atom is 0.240 e. The molecule has 1 aromatic carbocycles. The zero-order valence-corrected chi connectivity index (χ0v) is 13.8. The first kappa shape index (κ1) is 16.1. The van der Waals surface area contributed by atoms with Crippen LogP contribution in [-0.4, -0.2) is 27.5 Å². The molecule has 1 heterocycles. The maximum atomic E-state index is 12.2. The third-order valence-corrected chi connectivity index (χ3v) is 5.57. The lowest BCUT2D eigenvalue weighted by Gasteiger charge is -2.31. The van der Waals surface area contributed by atoms with Crippen LogP contribution in [0.3, 0.4) is 0 Å². The normalized spacial score (nSPS) is 19.4. The van der Waals surface area contributed by atoms with Crippen LogP contribution in [0, 0.1) is 5.92 Å². The second-order valence-corrected chi connectivity index (χ2v) is 7.64. The molecule has 118 valence electrons. The van der Waals surface area contributed by atoms with Gasteiger partial charge in [0.15, 0.2) is 0 Å². The molecule has 1 aromatic rings. The Morgan fingerprint density at radius 1 is 1.43 bits per heavy atom. The van der Waals surface area contributed by atoms with E-state index in [0.717, 1.165) is 25.1 Å². The van der Waals surface area contributed by atoms with Crippen LogP contribution in [0.25, 0.3) is 0 Å². The van der Waals surface area contributed by atoms with Gasteiger partial charge in [-0.25, -0.2) is 13.1 Å². The number of sulfonamides is 1. The fourth-order valence-electron chi connectivity index (χ4n) is 3.00. The van der Waals surface area contributed by atoms with Gasteiger partial charge in [-0.3, -0.25) is 0 Å². The van der Waals surface area contributed by atoms with Gasteiger partial charge in [0, 0.05) is 19.1 Å². The van der Waals surface area contributed by atoms with Gasteiger partial charge in [-0.15, -0.1) is 0 Å². The summed E-state index contributed by atoms with van der Waals surface area (Å²) in [6.45, 7) is 7.46. The Hall–Kier alpha value is -1.27. The number of hydrogen-bond donors (Lipinski definition) is 2. The van der Waals surface area contributed by atoms with Gasteiger partial charge in [0.25, 0.3) is 0 Å². The molecular weight excluding hydrogens is 286 g/mol. The van der Waals surface area contributed by atoms with Crippen molar-refractivity contribution in [3.63, 3.8) is 0 Å². The molecule has 0 aliphatic carbocycles. The van der Waals surface area contributed by atoms with Crippen molar-refractivity contribution in [1.29, 1.82) is 0 Å². The summed E-state index contributed by atoms with van der Waals surface area (Å²) in [4.78, 5) is 2.54. The third-order valence-electron chi connectivity index (χ3n) is 4.02. The van der Waals surface area contributed by atoms with Crippen LogP contribution in [0.2, 0.25) is 0 Å². The molecule has 0 aromatic heterocycles. The molecule has 0 amide bonds. The van der Waals surface area contributed by atoms with Crippen LogP contribution in [0.1, 0.15) is 33.6 Å². The second-order valence-electron chi connectivity index (χ2n) is 5.87. The molecule has 0 spiro atoms. The quantitative estimate of drug-likeness (QED) is 0.817. The van der Waals surface area contributed by atoms with E-state index in [0.29, 0.717) is 24.2 Å². The molecule has 1 unspecified atom stereocenters. The van der Waals surface area contributed by atoms with Crippen LogP contribution >= 0.6 is 0 Å². The number of anilines is 2. The Kier molecular flexibility index (Phi) is 4.78. The van der Waals surface area contributed by atoms with Crippen molar-refractivity contribution in [1.82, 2.24) is 4.72 Å². The predicted molar refractivity (Wildman–Crippen MR) is 86.9 cm³/mol. The van der Waals surface area contributed by atoms with E-state index in [1.807, 2.05) is 0 Å². The first-order valence-electron chi connectivity index (χ1n) is 7.52. The summed E-state index contributed by atoms with van der Waals surface area (Å²) in [5.41, 5.74) is 7.57. The molecule has 5 nitrogen and oxygen atoms in total. The fourth-order valence-corrected chi connectivity index (χ4v) is 4.06. The molecular formula is C15H25N3O2S. The minimum Gasteiger partial charge on any atom is -0.397 e. The van der Waals surface area contributed by atoms with Crippen LogP contribution in [0.5, 0.6) is 0 Å². The Morgan fingerprint density at radius 2 is 2.14 bits per heavy atom. The van der Waals surface area contributed by atoms with Gasteiger partial charge < -0.3 is 10.6 Å². The van der Waals surface area contributed by atoms with Crippen molar-refractivity contribution < 1.29 is 8.42 Å². The number of nitrogen functional groups attached to an aromatic ring is 1. The zero-order valence-electron chi connectivity index (χ0n) is 13.0. The first-order valence-corrected chi connectivity index (χ1v) is 9.01. The van der Waals surface area contributed by atoms with E-state index < -0.39 is 10.0 Å². The summed E-state index contributed by atoms with van der Waals surface area (Å²) in [5.74, 6) is 0.515. The minimum absolute atomic E-state index is 0.281.